The van der Waals surface area contributed by atoms with E-state index in [1.165, 1.54) is 0 Å². The van der Waals surface area contributed by atoms with Crippen LogP contribution in [0.3, 0.4) is 0 Å². The van der Waals surface area contributed by atoms with E-state index in [9.17, 15) is 9.59 Å². The molecule has 0 aliphatic heterocycles. The SMILES string of the molecule is COCCCNC(=O)c1ccc(C(=O)Nc2ccccc2N)s1. The van der Waals surface area contributed by atoms with Crippen molar-refractivity contribution in [3.63, 3.8) is 0 Å². The van der Waals surface area contributed by atoms with Crippen LogP contribution in [0.4, 0.5) is 11.4 Å². The zero-order valence-electron chi connectivity index (χ0n) is 12.8. The van der Waals surface area contributed by atoms with E-state index in [4.69, 9.17) is 10.5 Å². The fourth-order valence-electron chi connectivity index (χ4n) is 1.88. The number of nitrogens with one attached hydrogen (secondary N) is 2. The van der Waals surface area contributed by atoms with Gasteiger partial charge in [0, 0.05) is 20.3 Å². The molecule has 6 nitrogen and oxygen atoms in total. The van der Waals surface area contributed by atoms with Crippen molar-refractivity contribution in [3.05, 3.63) is 46.2 Å². The van der Waals surface area contributed by atoms with E-state index in [-0.39, 0.29) is 11.8 Å². The molecule has 0 unspecified atom stereocenters. The summed E-state index contributed by atoms with van der Waals surface area (Å²) in [5.74, 6) is -0.476. The van der Waals surface area contributed by atoms with Gasteiger partial charge in [0.15, 0.2) is 0 Å². The van der Waals surface area contributed by atoms with Gasteiger partial charge in [-0.2, -0.15) is 0 Å². The van der Waals surface area contributed by atoms with Crippen molar-refractivity contribution in [3.8, 4) is 0 Å². The van der Waals surface area contributed by atoms with Crippen LogP contribution in [0, 0.1) is 0 Å². The fraction of sp³-hybridized carbons (Fsp3) is 0.250. The number of ether oxygens (including phenoxy) is 1. The van der Waals surface area contributed by atoms with Crippen molar-refractivity contribution in [2.24, 2.45) is 0 Å². The first-order valence-electron chi connectivity index (χ1n) is 7.14. The lowest BCUT2D eigenvalue weighted by Crippen LogP contribution is -2.24. The van der Waals surface area contributed by atoms with Gasteiger partial charge in [0.2, 0.25) is 0 Å². The van der Waals surface area contributed by atoms with Gasteiger partial charge in [0.1, 0.15) is 0 Å². The lowest BCUT2D eigenvalue weighted by Gasteiger charge is -2.06. The summed E-state index contributed by atoms with van der Waals surface area (Å²) in [5, 5.41) is 5.52. The van der Waals surface area contributed by atoms with Gasteiger partial charge >= 0.3 is 0 Å². The smallest absolute Gasteiger partial charge is 0.265 e. The first kappa shape index (κ1) is 17.0. The third-order valence-corrected chi connectivity index (χ3v) is 4.16. The van der Waals surface area contributed by atoms with Gasteiger partial charge in [0.05, 0.1) is 21.1 Å². The fourth-order valence-corrected chi connectivity index (χ4v) is 2.70. The molecule has 0 bridgehead atoms. The Bertz CT molecular complexity index is 685. The van der Waals surface area contributed by atoms with Crippen molar-refractivity contribution >= 4 is 34.5 Å². The van der Waals surface area contributed by atoms with Crippen LogP contribution in [0.15, 0.2) is 36.4 Å². The van der Waals surface area contributed by atoms with Gasteiger partial charge in [0.25, 0.3) is 11.8 Å². The van der Waals surface area contributed by atoms with Crippen LogP contribution in [0.5, 0.6) is 0 Å². The highest BCUT2D eigenvalue weighted by Crippen LogP contribution is 2.21. The maximum Gasteiger partial charge on any atom is 0.265 e. The van der Waals surface area contributed by atoms with E-state index in [0.717, 1.165) is 17.8 Å². The van der Waals surface area contributed by atoms with Crippen LogP contribution in [-0.4, -0.2) is 32.1 Å². The Kier molecular flexibility index (Phi) is 6.13. The van der Waals surface area contributed by atoms with Crippen molar-refractivity contribution in [1.82, 2.24) is 5.32 Å². The quantitative estimate of drug-likeness (QED) is 0.535. The molecule has 0 aliphatic rings. The number of nitrogen functional groups attached to an aromatic ring is 1. The van der Waals surface area contributed by atoms with Gasteiger partial charge < -0.3 is 21.1 Å². The first-order valence-corrected chi connectivity index (χ1v) is 7.96. The van der Waals surface area contributed by atoms with E-state index in [1.807, 2.05) is 0 Å². The number of carbonyl (C=O) groups is 2. The predicted molar refractivity (Wildman–Crippen MR) is 92.0 cm³/mol. The standard InChI is InChI=1S/C16H19N3O3S/c1-22-10-4-9-18-15(20)13-7-8-14(23-13)16(21)19-12-6-3-2-5-11(12)17/h2-3,5-8H,4,9-10,17H2,1H3,(H,18,20)(H,19,21). The van der Waals surface area contributed by atoms with Gasteiger partial charge in [-0.3, -0.25) is 9.59 Å². The van der Waals surface area contributed by atoms with Crippen LogP contribution in [-0.2, 0) is 4.74 Å². The van der Waals surface area contributed by atoms with E-state index < -0.39 is 0 Å². The summed E-state index contributed by atoms with van der Waals surface area (Å²) in [6, 6.07) is 10.3. The molecule has 2 aromatic rings. The Morgan fingerprint density at radius 3 is 2.52 bits per heavy atom. The number of hydrogen-bond acceptors (Lipinski definition) is 5. The molecule has 1 heterocycles. The Balaban J connectivity index is 1.94. The predicted octanol–water partition coefficient (Wildman–Crippen LogP) is 2.35. The Hall–Kier alpha value is -2.38. The Labute approximate surface area is 138 Å². The third-order valence-electron chi connectivity index (χ3n) is 3.07. The molecule has 23 heavy (non-hydrogen) atoms. The van der Waals surface area contributed by atoms with Crippen LogP contribution in [0.1, 0.15) is 25.8 Å². The number of hydrogen-bond donors (Lipinski definition) is 3. The van der Waals surface area contributed by atoms with Crippen LogP contribution in [0.2, 0.25) is 0 Å². The van der Waals surface area contributed by atoms with E-state index in [0.29, 0.717) is 34.3 Å². The zero-order valence-corrected chi connectivity index (χ0v) is 13.6. The van der Waals surface area contributed by atoms with Crippen LogP contribution in [0.25, 0.3) is 0 Å². The minimum atomic E-state index is -0.286. The summed E-state index contributed by atoms with van der Waals surface area (Å²) in [4.78, 5) is 25.1. The average molecular weight is 333 g/mol. The molecule has 1 aromatic heterocycles. The summed E-state index contributed by atoms with van der Waals surface area (Å²) in [7, 11) is 1.62. The van der Waals surface area contributed by atoms with Crippen molar-refractivity contribution in [2.45, 2.75) is 6.42 Å². The molecule has 0 atom stereocenters. The number of anilines is 2. The molecule has 0 spiro atoms. The van der Waals surface area contributed by atoms with Crippen molar-refractivity contribution in [2.75, 3.05) is 31.3 Å². The molecule has 2 rings (SSSR count). The summed E-state index contributed by atoms with van der Waals surface area (Å²) in [6.07, 6.45) is 0.744. The molecular weight excluding hydrogens is 314 g/mol. The maximum atomic E-state index is 12.2. The number of thiophene rings is 1. The highest BCUT2D eigenvalue weighted by atomic mass is 32.1. The van der Waals surface area contributed by atoms with E-state index in [2.05, 4.69) is 10.6 Å². The molecule has 0 radical (unpaired) electrons. The van der Waals surface area contributed by atoms with Gasteiger partial charge in [-0.25, -0.2) is 0 Å². The second kappa shape index (κ2) is 8.30. The number of carbonyl (C=O) groups excluding carboxylic acids is 2. The highest BCUT2D eigenvalue weighted by molar-refractivity contribution is 7.16. The topological polar surface area (TPSA) is 93.4 Å². The molecule has 7 heteroatoms. The largest absolute Gasteiger partial charge is 0.397 e. The van der Waals surface area contributed by atoms with Gasteiger partial charge in [-0.05, 0) is 30.7 Å². The molecule has 4 N–H and O–H groups in total. The van der Waals surface area contributed by atoms with Crippen LogP contribution >= 0.6 is 11.3 Å². The van der Waals surface area contributed by atoms with Gasteiger partial charge in [-0.1, -0.05) is 12.1 Å². The Morgan fingerprint density at radius 1 is 1.13 bits per heavy atom. The molecular formula is C16H19N3O3S. The monoisotopic (exact) mass is 333 g/mol. The number of methoxy groups -OCH3 is 1. The van der Waals surface area contributed by atoms with Crippen LogP contribution < -0.4 is 16.4 Å². The average Bonchev–Trinajstić information content (AvgIpc) is 3.04. The number of rotatable bonds is 7. The number of para-hydroxylation sites is 2. The minimum Gasteiger partial charge on any atom is -0.397 e. The molecule has 1 aromatic carbocycles. The molecule has 0 saturated carbocycles. The number of nitrogens with two attached hydrogens (primary N) is 1. The summed E-state index contributed by atoms with van der Waals surface area (Å²) >= 11 is 1.14. The third kappa shape index (κ3) is 4.80. The highest BCUT2D eigenvalue weighted by Gasteiger charge is 2.14. The molecule has 122 valence electrons. The van der Waals surface area contributed by atoms with Gasteiger partial charge in [-0.15, -0.1) is 11.3 Å². The second-order valence-electron chi connectivity index (χ2n) is 4.81. The van der Waals surface area contributed by atoms with Crippen molar-refractivity contribution in [1.29, 1.82) is 0 Å². The van der Waals surface area contributed by atoms with Crippen molar-refractivity contribution < 1.29 is 14.3 Å². The lowest BCUT2D eigenvalue weighted by atomic mass is 10.2. The summed E-state index contributed by atoms with van der Waals surface area (Å²) in [6.45, 7) is 1.13. The summed E-state index contributed by atoms with van der Waals surface area (Å²) in [5.41, 5.74) is 6.84. The minimum absolute atomic E-state index is 0.190. The summed E-state index contributed by atoms with van der Waals surface area (Å²) < 4.78 is 4.92. The molecule has 0 aliphatic carbocycles. The number of amides is 2. The normalized spacial score (nSPS) is 10.3. The lowest BCUT2D eigenvalue weighted by molar-refractivity contribution is 0.0952. The molecule has 0 fully saturated rings. The Morgan fingerprint density at radius 2 is 1.83 bits per heavy atom. The molecule has 0 saturated heterocycles. The van der Waals surface area contributed by atoms with E-state index >= 15 is 0 Å². The maximum absolute atomic E-state index is 12.2. The second-order valence-corrected chi connectivity index (χ2v) is 5.89. The molecule has 2 amide bonds. The number of benzene rings is 1. The first-order chi connectivity index (χ1) is 11.1. The van der Waals surface area contributed by atoms with E-state index in [1.54, 1.807) is 43.5 Å². The zero-order chi connectivity index (χ0) is 16.7.